The molecule has 0 spiro atoms. The summed E-state index contributed by atoms with van der Waals surface area (Å²) in [4.78, 5) is 13.6. The average Bonchev–Trinajstić information content (AvgIpc) is 2.38. The summed E-state index contributed by atoms with van der Waals surface area (Å²) in [5.41, 5.74) is 0.881. The van der Waals surface area contributed by atoms with Gasteiger partial charge < -0.3 is 4.90 Å². The average molecular weight is 296 g/mol. The summed E-state index contributed by atoms with van der Waals surface area (Å²) in [7, 11) is 1.58. The highest BCUT2D eigenvalue weighted by Crippen LogP contribution is 2.19. The van der Waals surface area contributed by atoms with Crippen LogP contribution in [0.1, 0.15) is 15.9 Å². The molecule has 2 aromatic rings. The predicted octanol–water partition coefficient (Wildman–Crippen LogP) is 3.89. The molecule has 0 saturated carbocycles. The van der Waals surface area contributed by atoms with E-state index in [1.165, 1.54) is 29.2 Å². The van der Waals surface area contributed by atoms with Crippen LogP contribution in [0.4, 0.5) is 8.78 Å². The first-order chi connectivity index (χ1) is 9.47. The molecule has 0 aliphatic rings. The van der Waals surface area contributed by atoms with Gasteiger partial charge in [0.2, 0.25) is 0 Å². The van der Waals surface area contributed by atoms with Crippen molar-refractivity contribution in [3.8, 4) is 0 Å². The van der Waals surface area contributed by atoms with Gasteiger partial charge in [-0.15, -0.1) is 0 Å². The fraction of sp³-hybridized carbons (Fsp3) is 0.133. The lowest BCUT2D eigenvalue weighted by molar-refractivity contribution is 0.0785. The molecule has 20 heavy (non-hydrogen) atoms. The third kappa shape index (κ3) is 3.33. The van der Waals surface area contributed by atoms with Crippen molar-refractivity contribution in [3.63, 3.8) is 0 Å². The number of hydrogen-bond acceptors (Lipinski definition) is 1. The van der Waals surface area contributed by atoms with Crippen LogP contribution in [0.15, 0.2) is 42.5 Å². The SMILES string of the molecule is CN(Cc1cccc(F)c1)C(=O)c1ccc(F)cc1Cl. The van der Waals surface area contributed by atoms with E-state index < -0.39 is 5.82 Å². The zero-order valence-corrected chi connectivity index (χ0v) is 11.5. The molecule has 1 amide bonds. The van der Waals surface area contributed by atoms with Gasteiger partial charge in [0.15, 0.2) is 0 Å². The molecule has 0 bridgehead atoms. The Hall–Kier alpha value is -1.94. The van der Waals surface area contributed by atoms with Gasteiger partial charge in [0, 0.05) is 13.6 Å². The number of carbonyl (C=O) groups is 1. The molecule has 0 N–H and O–H groups in total. The topological polar surface area (TPSA) is 20.3 Å². The maximum Gasteiger partial charge on any atom is 0.255 e. The van der Waals surface area contributed by atoms with E-state index in [9.17, 15) is 13.6 Å². The maximum atomic E-state index is 13.1. The molecular formula is C15H12ClF2NO. The van der Waals surface area contributed by atoms with Crippen molar-refractivity contribution in [3.05, 3.63) is 70.2 Å². The van der Waals surface area contributed by atoms with E-state index in [0.29, 0.717) is 5.56 Å². The lowest BCUT2D eigenvalue weighted by Crippen LogP contribution is -2.26. The number of amides is 1. The third-order valence-corrected chi connectivity index (χ3v) is 3.13. The molecule has 0 saturated heterocycles. The van der Waals surface area contributed by atoms with E-state index in [-0.39, 0.29) is 28.9 Å². The number of rotatable bonds is 3. The first-order valence-electron chi connectivity index (χ1n) is 5.92. The van der Waals surface area contributed by atoms with Crippen molar-refractivity contribution in [1.29, 1.82) is 0 Å². The number of hydrogen-bond donors (Lipinski definition) is 0. The van der Waals surface area contributed by atoms with Crippen LogP contribution in [-0.2, 0) is 6.54 Å². The quantitative estimate of drug-likeness (QED) is 0.841. The number of nitrogens with zero attached hydrogens (tertiary/aromatic N) is 1. The fourth-order valence-electron chi connectivity index (χ4n) is 1.85. The highest BCUT2D eigenvalue weighted by molar-refractivity contribution is 6.33. The fourth-order valence-corrected chi connectivity index (χ4v) is 2.10. The first kappa shape index (κ1) is 14.5. The van der Waals surface area contributed by atoms with E-state index in [0.717, 1.165) is 6.07 Å². The normalized spacial score (nSPS) is 10.4. The van der Waals surface area contributed by atoms with Crippen molar-refractivity contribution in [2.75, 3.05) is 7.05 Å². The van der Waals surface area contributed by atoms with Gasteiger partial charge in [-0.1, -0.05) is 23.7 Å². The van der Waals surface area contributed by atoms with Gasteiger partial charge in [-0.3, -0.25) is 4.79 Å². The molecule has 104 valence electrons. The van der Waals surface area contributed by atoms with E-state index in [1.54, 1.807) is 19.2 Å². The van der Waals surface area contributed by atoms with Crippen molar-refractivity contribution in [2.24, 2.45) is 0 Å². The monoisotopic (exact) mass is 295 g/mol. The molecular weight excluding hydrogens is 284 g/mol. The summed E-state index contributed by atoms with van der Waals surface area (Å²) in [6.45, 7) is 0.240. The van der Waals surface area contributed by atoms with E-state index in [2.05, 4.69) is 0 Å². The minimum absolute atomic E-state index is 0.0566. The third-order valence-electron chi connectivity index (χ3n) is 2.82. The molecule has 0 heterocycles. The first-order valence-corrected chi connectivity index (χ1v) is 6.30. The number of carbonyl (C=O) groups excluding carboxylic acids is 1. The second kappa shape index (κ2) is 6.01. The maximum absolute atomic E-state index is 13.1. The molecule has 5 heteroatoms. The summed E-state index contributed by atoms with van der Waals surface area (Å²) >= 11 is 5.85. The number of halogens is 3. The van der Waals surface area contributed by atoms with E-state index in [1.807, 2.05) is 0 Å². The Balaban J connectivity index is 2.16. The Bertz CT molecular complexity index is 646. The van der Waals surface area contributed by atoms with Gasteiger partial charge in [-0.05, 0) is 35.9 Å². The molecule has 2 rings (SSSR count). The molecule has 0 radical (unpaired) electrons. The van der Waals surface area contributed by atoms with E-state index >= 15 is 0 Å². The standard InChI is InChI=1S/C15H12ClF2NO/c1-19(9-10-3-2-4-11(17)7-10)15(20)13-6-5-12(18)8-14(13)16/h2-8H,9H2,1H3. The predicted molar refractivity (Wildman–Crippen MR) is 73.6 cm³/mol. The lowest BCUT2D eigenvalue weighted by atomic mass is 10.1. The van der Waals surface area contributed by atoms with Crippen LogP contribution in [0.5, 0.6) is 0 Å². The minimum atomic E-state index is -0.501. The second-order valence-electron chi connectivity index (χ2n) is 4.42. The van der Waals surface area contributed by atoms with Gasteiger partial charge in [-0.2, -0.15) is 0 Å². The molecule has 0 fully saturated rings. The zero-order chi connectivity index (χ0) is 14.7. The molecule has 0 aliphatic heterocycles. The Morgan fingerprint density at radius 1 is 1.15 bits per heavy atom. The second-order valence-corrected chi connectivity index (χ2v) is 4.82. The van der Waals surface area contributed by atoms with Crippen molar-refractivity contribution in [2.45, 2.75) is 6.54 Å². The summed E-state index contributed by atoms with van der Waals surface area (Å²) in [5.74, 6) is -1.21. The van der Waals surface area contributed by atoms with Crippen molar-refractivity contribution >= 4 is 17.5 Å². The van der Waals surface area contributed by atoms with Crippen LogP contribution in [0, 0.1) is 11.6 Å². The molecule has 0 unspecified atom stereocenters. The zero-order valence-electron chi connectivity index (χ0n) is 10.7. The summed E-state index contributed by atoms with van der Waals surface area (Å²) in [6.07, 6.45) is 0. The summed E-state index contributed by atoms with van der Waals surface area (Å²) in [5, 5.41) is 0.0566. The van der Waals surface area contributed by atoms with Crippen LogP contribution < -0.4 is 0 Å². The molecule has 0 aliphatic carbocycles. The Morgan fingerprint density at radius 2 is 1.85 bits per heavy atom. The van der Waals surface area contributed by atoms with Crippen LogP contribution in [-0.4, -0.2) is 17.9 Å². The molecule has 0 aromatic heterocycles. The molecule has 2 nitrogen and oxygen atoms in total. The smallest absolute Gasteiger partial charge is 0.255 e. The van der Waals surface area contributed by atoms with Crippen molar-refractivity contribution in [1.82, 2.24) is 4.90 Å². The van der Waals surface area contributed by atoms with E-state index in [4.69, 9.17) is 11.6 Å². The largest absolute Gasteiger partial charge is 0.337 e. The summed E-state index contributed by atoms with van der Waals surface area (Å²) in [6, 6.07) is 9.59. The Kier molecular flexibility index (Phi) is 4.35. The van der Waals surface area contributed by atoms with Gasteiger partial charge in [0.05, 0.1) is 10.6 Å². The van der Waals surface area contributed by atoms with Crippen LogP contribution in [0.3, 0.4) is 0 Å². The van der Waals surface area contributed by atoms with Crippen molar-refractivity contribution < 1.29 is 13.6 Å². The van der Waals surface area contributed by atoms with Gasteiger partial charge >= 0.3 is 0 Å². The highest BCUT2D eigenvalue weighted by Gasteiger charge is 2.16. The minimum Gasteiger partial charge on any atom is -0.337 e. The molecule has 2 aromatic carbocycles. The van der Waals surface area contributed by atoms with Crippen LogP contribution in [0.2, 0.25) is 5.02 Å². The van der Waals surface area contributed by atoms with Gasteiger partial charge in [0.1, 0.15) is 11.6 Å². The Labute approximate surface area is 120 Å². The summed E-state index contributed by atoms with van der Waals surface area (Å²) < 4.78 is 26.0. The van der Waals surface area contributed by atoms with Gasteiger partial charge in [0.25, 0.3) is 5.91 Å². The number of benzene rings is 2. The lowest BCUT2D eigenvalue weighted by Gasteiger charge is -2.18. The van der Waals surface area contributed by atoms with Crippen LogP contribution >= 0.6 is 11.6 Å². The van der Waals surface area contributed by atoms with Gasteiger partial charge in [-0.25, -0.2) is 8.78 Å². The Morgan fingerprint density at radius 3 is 2.50 bits per heavy atom. The van der Waals surface area contributed by atoms with Crippen LogP contribution in [0.25, 0.3) is 0 Å². The highest BCUT2D eigenvalue weighted by atomic mass is 35.5. The molecule has 0 atom stereocenters.